The van der Waals surface area contributed by atoms with Crippen LogP contribution in [0.3, 0.4) is 0 Å². The molecule has 0 aromatic carbocycles. The molecule has 1 aromatic heterocycles. The van der Waals surface area contributed by atoms with Crippen LogP contribution in [-0.4, -0.2) is 58.7 Å². The molecular formula is C21H24N4O4S3. The van der Waals surface area contributed by atoms with Crippen LogP contribution in [0.25, 0.3) is 6.08 Å². The number of piperidine rings is 1. The van der Waals surface area contributed by atoms with E-state index in [-0.39, 0.29) is 28.5 Å². The van der Waals surface area contributed by atoms with E-state index in [0.717, 1.165) is 44.1 Å². The quantitative estimate of drug-likeness (QED) is 0.466. The smallest absolute Gasteiger partial charge is 0.270 e. The maximum absolute atomic E-state index is 13.2. The molecular weight excluding hydrogens is 468 g/mol. The summed E-state index contributed by atoms with van der Waals surface area (Å²) in [6, 6.07) is 1.56. The van der Waals surface area contributed by atoms with Gasteiger partial charge in [-0.05, 0) is 44.2 Å². The van der Waals surface area contributed by atoms with Crippen molar-refractivity contribution in [3.8, 4) is 6.07 Å². The van der Waals surface area contributed by atoms with E-state index in [1.165, 1.54) is 9.47 Å². The number of carbonyl (C=O) groups is 1. The van der Waals surface area contributed by atoms with Crippen LogP contribution >= 0.6 is 24.0 Å². The molecule has 3 saturated heterocycles. The Morgan fingerprint density at radius 3 is 2.50 bits per heavy atom. The maximum Gasteiger partial charge on any atom is 0.270 e. The largest absolute Gasteiger partial charge is 0.357 e. The number of thiocarbonyl (C=S) groups is 1. The van der Waals surface area contributed by atoms with Crippen LogP contribution in [0.15, 0.2) is 9.70 Å². The van der Waals surface area contributed by atoms with Gasteiger partial charge in [-0.1, -0.05) is 24.0 Å². The van der Waals surface area contributed by atoms with Gasteiger partial charge >= 0.3 is 0 Å². The molecule has 0 radical (unpaired) electrons. The number of rotatable bonds is 3. The van der Waals surface area contributed by atoms with Gasteiger partial charge in [-0.25, -0.2) is 8.42 Å². The van der Waals surface area contributed by atoms with Crippen LogP contribution in [0, 0.1) is 18.3 Å². The van der Waals surface area contributed by atoms with Crippen molar-refractivity contribution in [2.75, 3.05) is 29.5 Å². The third-order valence-electron chi connectivity index (χ3n) is 6.30. The average molecular weight is 493 g/mol. The molecule has 3 aliphatic rings. The number of hydrogen-bond acceptors (Lipinski definition) is 8. The zero-order chi connectivity index (χ0) is 23.2. The fourth-order valence-electron chi connectivity index (χ4n) is 4.60. The first-order valence-electron chi connectivity index (χ1n) is 10.5. The second kappa shape index (κ2) is 8.65. The minimum Gasteiger partial charge on any atom is -0.357 e. The number of hydrogen-bond donors (Lipinski definition) is 0. The maximum atomic E-state index is 13.2. The topological polar surface area (TPSA) is 103 Å². The minimum absolute atomic E-state index is 0.0527. The zero-order valence-electron chi connectivity index (χ0n) is 18.0. The summed E-state index contributed by atoms with van der Waals surface area (Å²) in [6.45, 7) is 3.31. The molecule has 0 N–H and O–H groups in total. The van der Waals surface area contributed by atoms with Gasteiger partial charge in [0.2, 0.25) is 0 Å². The van der Waals surface area contributed by atoms with Gasteiger partial charge in [0.05, 0.1) is 22.5 Å². The van der Waals surface area contributed by atoms with Crippen LogP contribution < -0.4 is 10.5 Å². The van der Waals surface area contributed by atoms with E-state index >= 15 is 0 Å². The van der Waals surface area contributed by atoms with E-state index in [1.807, 2.05) is 6.07 Å². The zero-order valence-corrected chi connectivity index (χ0v) is 20.4. The normalized spacial score (nSPS) is 24.4. The van der Waals surface area contributed by atoms with Gasteiger partial charge in [0.1, 0.15) is 21.8 Å². The Kier molecular flexibility index (Phi) is 6.22. The first kappa shape index (κ1) is 23.0. The number of nitrogens with zero attached hydrogens (tertiary/aromatic N) is 4. The Labute approximate surface area is 196 Å². The molecule has 0 aliphatic carbocycles. The molecule has 1 aromatic rings. The third kappa shape index (κ3) is 4.00. The highest BCUT2D eigenvalue weighted by Crippen LogP contribution is 2.38. The van der Waals surface area contributed by atoms with Crippen molar-refractivity contribution in [1.82, 2.24) is 9.47 Å². The number of amides is 1. The highest BCUT2D eigenvalue weighted by atomic mass is 32.2. The predicted molar refractivity (Wildman–Crippen MR) is 129 cm³/mol. The molecule has 0 bridgehead atoms. The van der Waals surface area contributed by atoms with Gasteiger partial charge < -0.3 is 4.90 Å². The Morgan fingerprint density at radius 1 is 1.22 bits per heavy atom. The Balaban J connectivity index is 1.80. The van der Waals surface area contributed by atoms with Crippen LogP contribution in [-0.2, 0) is 21.7 Å². The minimum atomic E-state index is -3.17. The van der Waals surface area contributed by atoms with Crippen molar-refractivity contribution >= 4 is 55.9 Å². The summed E-state index contributed by atoms with van der Waals surface area (Å²) in [5.74, 6) is 0.347. The summed E-state index contributed by atoms with van der Waals surface area (Å²) in [6.07, 6.45) is 5.22. The van der Waals surface area contributed by atoms with Gasteiger partial charge in [0.25, 0.3) is 11.5 Å². The van der Waals surface area contributed by atoms with Gasteiger partial charge in [-0.15, -0.1) is 0 Å². The number of anilines is 1. The first-order valence-corrected chi connectivity index (χ1v) is 13.6. The van der Waals surface area contributed by atoms with Crippen molar-refractivity contribution in [3.63, 3.8) is 0 Å². The molecule has 0 saturated carbocycles. The van der Waals surface area contributed by atoms with Gasteiger partial charge in [0, 0.05) is 25.7 Å². The van der Waals surface area contributed by atoms with E-state index in [0.29, 0.717) is 32.6 Å². The molecule has 8 nitrogen and oxygen atoms in total. The van der Waals surface area contributed by atoms with Crippen molar-refractivity contribution in [1.29, 1.82) is 5.26 Å². The molecule has 4 heterocycles. The summed E-state index contributed by atoms with van der Waals surface area (Å²) >= 11 is 6.56. The fraction of sp³-hybridized carbons (Fsp3) is 0.524. The van der Waals surface area contributed by atoms with E-state index in [9.17, 15) is 23.3 Å². The molecule has 170 valence electrons. The summed E-state index contributed by atoms with van der Waals surface area (Å²) < 4.78 is 25.7. The molecule has 1 atom stereocenters. The van der Waals surface area contributed by atoms with Crippen LogP contribution in [0.5, 0.6) is 0 Å². The second-order valence-electron chi connectivity index (χ2n) is 8.37. The predicted octanol–water partition coefficient (Wildman–Crippen LogP) is 1.94. The number of carbonyl (C=O) groups excluding carboxylic acids is 1. The van der Waals surface area contributed by atoms with Crippen LogP contribution in [0.2, 0.25) is 0 Å². The Bertz CT molecular complexity index is 1240. The number of thioether (sulfide) groups is 1. The molecule has 0 spiro atoms. The molecule has 3 aliphatic heterocycles. The molecule has 11 heteroatoms. The summed E-state index contributed by atoms with van der Waals surface area (Å²) in [5, 5.41) is 9.58. The lowest BCUT2D eigenvalue weighted by Crippen LogP contribution is -2.39. The van der Waals surface area contributed by atoms with Crippen molar-refractivity contribution in [2.45, 2.75) is 38.6 Å². The van der Waals surface area contributed by atoms with E-state index < -0.39 is 15.9 Å². The SMILES string of the molecule is Cc1c(/C=C2\SC(=S)N(C3CCS(=O)(=O)C3)C2=O)c(N2CCCCC2)n(C)c(=O)c1C#N. The van der Waals surface area contributed by atoms with Gasteiger partial charge in [0.15, 0.2) is 9.84 Å². The molecule has 1 amide bonds. The van der Waals surface area contributed by atoms with E-state index in [2.05, 4.69) is 4.90 Å². The number of aromatic nitrogens is 1. The van der Waals surface area contributed by atoms with Gasteiger partial charge in [-0.2, -0.15) is 5.26 Å². The fourth-order valence-corrected chi connectivity index (χ4v) is 7.69. The van der Waals surface area contributed by atoms with Gasteiger partial charge in [-0.3, -0.25) is 19.1 Å². The van der Waals surface area contributed by atoms with Crippen molar-refractivity contribution in [3.05, 3.63) is 31.9 Å². The summed E-state index contributed by atoms with van der Waals surface area (Å²) in [4.78, 5) is 30.0. The average Bonchev–Trinajstić information content (AvgIpc) is 3.24. The lowest BCUT2D eigenvalue weighted by molar-refractivity contribution is -0.123. The molecule has 32 heavy (non-hydrogen) atoms. The number of pyridine rings is 1. The first-order chi connectivity index (χ1) is 15.1. The third-order valence-corrected chi connectivity index (χ3v) is 9.38. The van der Waals surface area contributed by atoms with Crippen molar-refractivity contribution < 1.29 is 13.2 Å². The standard InChI is InChI=1S/C21H24N4O4S3/c1-13-15(18(24-7-4-3-5-8-24)23(2)19(26)16(13)11-22)10-17-20(27)25(21(30)31-17)14-6-9-32(28,29)12-14/h10,14H,3-9,12H2,1-2H3/b17-10-. The summed E-state index contributed by atoms with van der Waals surface area (Å²) in [7, 11) is -1.52. The van der Waals surface area contributed by atoms with Crippen LogP contribution in [0.1, 0.15) is 42.4 Å². The van der Waals surface area contributed by atoms with E-state index in [1.54, 1.807) is 20.0 Å². The lowest BCUT2D eigenvalue weighted by atomic mass is 10.0. The lowest BCUT2D eigenvalue weighted by Gasteiger charge is -2.32. The monoisotopic (exact) mass is 492 g/mol. The molecule has 3 fully saturated rings. The highest BCUT2D eigenvalue weighted by Gasteiger charge is 2.42. The number of nitriles is 1. The Morgan fingerprint density at radius 2 is 1.91 bits per heavy atom. The Hall–Kier alpha value is -2.16. The second-order valence-corrected chi connectivity index (χ2v) is 12.3. The highest BCUT2D eigenvalue weighted by molar-refractivity contribution is 8.26. The van der Waals surface area contributed by atoms with Crippen LogP contribution in [0.4, 0.5) is 5.82 Å². The number of sulfone groups is 1. The van der Waals surface area contributed by atoms with E-state index in [4.69, 9.17) is 12.2 Å². The molecule has 1 unspecified atom stereocenters. The van der Waals surface area contributed by atoms with Crippen molar-refractivity contribution in [2.24, 2.45) is 7.05 Å². The summed E-state index contributed by atoms with van der Waals surface area (Å²) in [5.41, 5.74) is 0.887. The molecule has 4 rings (SSSR count).